The van der Waals surface area contributed by atoms with Crippen molar-refractivity contribution < 1.29 is 13.8 Å². The van der Waals surface area contributed by atoms with Gasteiger partial charge in [0.2, 0.25) is 5.91 Å². The van der Waals surface area contributed by atoms with E-state index in [2.05, 4.69) is 26.5 Å². The number of nitrogens with one attached hydrogen (secondary N) is 1. The second kappa shape index (κ2) is 9.56. The Kier molecular flexibility index (Phi) is 6.85. The largest absolute Gasteiger partial charge is 0.326 e. The minimum Gasteiger partial charge on any atom is -0.326 e. The van der Waals surface area contributed by atoms with Crippen LogP contribution < -0.4 is 5.32 Å². The fourth-order valence-corrected chi connectivity index (χ4v) is 3.94. The van der Waals surface area contributed by atoms with Gasteiger partial charge in [0.15, 0.2) is 0 Å². The van der Waals surface area contributed by atoms with E-state index in [1.54, 1.807) is 36.4 Å². The highest BCUT2D eigenvalue weighted by molar-refractivity contribution is 7.93. The van der Waals surface area contributed by atoms with Crippen LogP contribution in [-0.4, -0.2) is 27.3 Å². The highest BCUT2D eigenvalue weighted by Crippen LogP contribution is 2.17. The molecule has 6 nitrogen and oxygen atoms in total. The molecule has 0 aliphatic carbocycles. The fraction of sp³-hybridized carbons (Fsp3) is 0.0870. The zero-order valence-corrected chi connectivity index (χ0v) is 18.3. The lowest BCUT2D eigenvalue weighted by molar-refractivity contribution is -0.114. The van der Waals surface area contributed by atoms with Crippen molar-refractivity contribution in [2.75, 3.05) is 11.6 Å². The van der Waals surface area contributed by atoms with E-state index in [0.717, 1.165) is 0 Å². The van der Waals surface area contributed by atoms with Crippen LogP contribution >= 0.6 is 11.6 Å². The zero-order valence-electron chi connectivity index (χ0n) is 16.8. The summed E-state index contributed by atoms with van der Waals surface area (Å²) in [7, 11) is -3.00. The third kappa shape index (κ3) is 6.01. The maximum Gasteiger partial charge on any atom is 0.286 e. The van der Waals surface area contributed by atoms with E-state index in [0.29, 0.717) is 26.7 Å². The van der Waals surface area contributed by atoms with Crippen LogP contribution in [-0.2, 0) is 14.5 Å². The first-order chi connectivity index (χ1) is 14.7. The molecule has 1 N–H and O–H groups in total. The Hall–Kier alpha value is -3.47. The van der Waals surface area contributed by atoms with E-state index >= 15 is 0 Å². The van der Waals surface area contributed by atoms with Gasteiger partial charge in [-0.1, -0.05) is 35.6 Å². The lowest BCUT2D eigenvalue weighted by Crippen LogP contribution is -2.07. The molecule has 156 valence electrons. The molecule has 8 heteroatoms. The van der Waals surface area contributed by atoms with Crippen LogP contribution in [0.25, 0.3) is 0 Å². The molecule has 0 fully saturated rings. The summed E-state index contributed by atoms with van der Waals surface area (Å²) in [6, 6.07) is 15.0. The molecule has 0 saturated carbocycles. The minimum absolute atomic E-state index is 0.176. The minimum atomic E-state index is -3.00. The van der Waals surface area contributed by atoms with Gasteiger partial charge in [-0.15, -0.1) is 0 Å². The third-order valence-electron chi connectivity index (χ3n) is 4.07. The first-order valence-corrected chi connectivity index (χ1v) is 11.4. The summed E-state index contributed by atoms with van der Waals surface area (Å²) < 4.78 is 16.9. The van der Waals surface area contributed by atoms with E-state index in [-0.39, 0.29) is 11.5 Å². The number of hydrogen-bond acceptors (Lipinski definition) is 4. The number of halogens is 1. The van der Waals surface area contributed by atoms with Crippen LogP contribution in [0.2, 0.25) is 5.02 Å². The van der Waals surface area contributed by atoms with Crippen LogP contribution in [0.5, 0.6) is 0 Å². The third-order valence-corrected chi connectivity index (χ3v) is 6.06. The predicted molar refractivity (Wildman–Crippen MR) is 122 cm³/mol. The molecule has 1 aromatic heterocycles. The fourth-order valence-electron chi connectivity index (χ4n) is 2.58. The van der Waals surface area contributed by atoms with Gasteiger partial charge in [-0.3, -0.25) is 14.6 Å². The lowest BCUT2D eigenvalue weighted by Gasteiger charge is -2.06. The van der Waals surface area contributed by atoms with E-state index in [9.17, 15) is 13.8 Å². The van der Waals surface area contributed by atoms with E-state index in [1.165, 1.54) is 31.6 Å². The Labute approximate surface area is 185 Å². The van der Waals surface area contributed by atoms with Crippen molar-refractivity contribution in [3.8, 4) is 11.8 Å². The normalized spacial score (nSPS) is 12.1. The highest BCUT2D eigenvalue weighted by atomic mass is 35.5. The monoisotopic (exact) mass is 451 g/mol. The van der Waals surface area contributed by atoms with Gasteiger partial charge < -0.3 is 5.32 Å². The molecule has 3 aromatic rings. The molecule has 2 amide bonds. The number of benzene rings is 2. The molecule has 1 unspecified atom stereocenters. The Morgan fingerprint density at radius 2 is 1.77 bits per heavy atom. The number of hydrogen-bond donors (Lipinski definition) is 1. The van der Waals surface area contributed by atoms with Crippen molar-refractivity contribution >= 4 is 38.8 Å². The van der Waals surface area contributed by atoms with Crippen molar-refractivity contribution in [3.63, 3.8) is 0 Å². The van der Waals surface area contributed by atoms with Gasteiger partial charge in [0.05, 0.1) is 20.3 Å². The molecule has 1 atom stereocenters. The van der Waals surface area contributed by atoms with Crippen molar-refractivity contribution in [1.82, 2.24) is 4.98 Å². The Bertz CT molecular complexity index is 1330. The number of pyridine rings is 1. The molecule has 0 radical (unpaired) electrons. The number of anilines is 1. The first-order valence-electron chi connectivity index (χ1n) is 9.10. The second-order valence-electron chi connectivity index (χ2n) is 6.60. The van der Waals surface area contributed by atoms with Crippen molar-refractivity contribution in [1.29, 1.82) is 0 Å². The lowest BCUT2D eigenvalue weighted by atomic mass is 10.1. The van der Waals surface area contributed by atoms with Gasteiger partial charge in [0.1, 0.15) is 0 Å². The van der Waals surface area contributed by atoms with Crippen molar-refractivity contribution in [3.05, 3.63) is 88.7 Å². The molecule has 1 heterocycles. The molecular formula is C23H18ClN3O3S. The standard InChI is InChI=1S/C23H18ClN3O3S/c1-16(28)26-20-9-11-21(12-10-20)31(2,30)27-23(29)19-13-17(14-25-15-19)7-8-18-5-3-4-6-22(18)24/h3-6,9-15H,1-2H3,(H,26,28). The quantitative estimate of drug-likeness (QED) is 0.598. The Morgan fingerprint density at radius 1 is 1.06 bits per heavy atom. The molecule has 0 bridgehead atoms. The summed E-state index contributed by atoms with van der Waals surface area (Å²) in [6.45, 7) is 1.39. The first kappa shape index (κ1) is 22.2. The molecule has 0 aliphatic heterocycles. The van der Waals surface area contributed by atoms with Crippen LogP contribution in [0.1, 0.15) is 28.4 Å². The molecule has 3 rings (SSSR count). The van der Waals surface area contributed by atoms with E-state index < -0.39 is 15.6 Å². The van der Waals surface area contributed by atoms with E-state index in [1.807, 2.05) is 12.1 Å². The zero-order chi connectivity index (χ0) is 22.4. The van der Waals surface area contributed by atoms with Gasteiger partial charge in [-0.2, -0.15) is 4.36 Å². The molecule has 2 aromatic carbocycles. The number of carbonyl (C=O) groups is 2. The average molecular weight is 452 g/mol. The van der Waals surface area contributed by atoms with Crippen LogP contribution in [0.4, 0.5) is 5.69 Å². The maximum absolute atomic E-state index is 13.0. The molecular weight excluding hydrogens is 434 g/mol. The summed E-state index contributed by atoms with van der Waals surface area (Å²) in [5.41, 5.74) is 1.90. The van der Waals surface area contributed by atoms with Crippen LogP contribution in [0.3, 0.4) is 0 Å². The summed E-state index contributed by atoms with van der Waals surface area (Å²) in [5, 5.41) is 3.15. The predicted octanol–water partition coefficient (Wildman–Crippen LogP) is 4.39. The molecule has 0 saturated heterocycles. The number of carbonyl (C=O) groups excluding carboxylic acids is 2. The topological polar surface area (TPSA) is 88.5 Å². The average Bonchev–Trinajstić information content (AvgIpc) is 2.73. The SMILES string of the molecule is CC(=O)Nc1ccc(S(C)(=O)=NC(=O)c2cncc(C#Cc3ccccc3Cl)c2)cc1. The van der Waals surface area contributed by atoms with Gasteiger partial charge in [-0.25, -0.2) is 4.21 Å². The van der Waals surface area contributed by atoms with Crippen molar-refractivity contribution in [2.45, 2.75) is 11.8 Å². The summed E-state index contributed by atoms with van der Waals surface area (Å²) >= 11 is 6.10. The highest BCUT2D eigenvalue weighted by Gasteiger charge is 2.12. The number of amides is 2. The summed E-state index contributed by atoms with van der Waals surface area (Å²) in [5.74, 6) is 4.98. The maximum atomic E-state index is 13.0. The van der Waals surface area contributed by atoms with Gasteiger partial charge >= 0.3 is 0 Å². The van der Waals surface area contributed by atoms with E-state index in [4.69, 9.17) is 11.6 Å². The Morgan fingerprint density at radius 3 is 2.45 bits per heavy atom. The molecule has 0 spiro atoms. The van der Waals surface area contributed by atoms with Gasteiger partial charge in [-0.05, 0) is 42.5 Å². The van der Waals surface area contributed by atoms with Crippen LogP contribution in [0, 0.1) is 11.8 Å². The van der Waals surface area contributed by atoms with Crippen LogP contribution in [0.15, 0.2) is 76.2 Å². The summed E-state index contributed by atoms with van der Waals surface area (Å²) in [6.07, 6.45) is 4.25. The number of aromatic nitrogens is 1. The Balaban J connectivity index is 1.85. The van der Waals surface area contributed by atoms with Gasteiger partial charge in [0, 0.05) is 47.3 Å². The second-order valence-corrected chi connectivity index (χ2v) is 9.26. The van der Waals surface area contributed by atoms with Gasteiger partial charge in [0.25, 0.3) is 5.91 Å². The summed E-state index contributed by atoms with van der Waals surface area (Å²) in [4.78, 5) is 28.1. The van der Waals surface area contributed by atoms with Crippen molar-refractivity contribution in [2.24, 2.45) is 4.36 Å². The smallest absolute Gasteiger partial charge is 0.286 e. The molecule has 0 aliphatic rings. The number of nitrogens with zero attached hydrogens (tertiary/aromatic N) is 2. The number of rotatable bonds is 3. The molecule has 31 heavy (non-hydrogen) atoms.